The Kier molecular flexibility index (Phi) is 7.62. The van der Waals surface area contributed by atoms with Gasteiger partial charge in [-0.25, -0.2) is 0 Å². The normalized spacial score (nSPS) is 11.9. The number of hydrogen-bond acceptors (Lipinski definition) is 3. The van der Waals surface area contributed by atoms with Gasteiger partial charge in [0.15, 0.2) is 0 Å². The van der Waals surface area contributed by atoms with Crippen LogP contribution >= 0.6 is 0 Å². The third kappa shape index (κ3) is 9.21. The predicted molar refractivity (Wildman–Crippen MR) is 59.4 cm³/mol. The minimum Gasteiger partial charge on any atom is -0.355 e. The van der Waals surface area contributed by atoms with Crippen molar-refractivity contribution in [2.24, 2.45) is 0 Å². The van der Waals surface area contributed by atoms with E-state index in [-0.39, 0.29) is 11.8 Å². The maximum absolute atomic E-state index is 11.2. The zero-order valence-corrected chi connectivity index (χ0v) is 9.72. The molecule has 3 N–H and O–H groups in total. The molecule has 0 radical (unpaired) electrons. The summed E-state index contributed by atoms with van der Waals surface area (Å²) in [7, 11) is 0. The molecule has 0 bridgehead atoms. The van der Waals surface area contributed by atoms with Crippen LogP contribution in [-0.2, 0) is 9.59 Å². The highest BCUT2D eigenvalue weighted by molar-refractivity contribution is 5.78. The highest BCUT2D eigenvalue weighted by Crippen LogP contribution is 1.85. The highest BCUT2D eigenvalue weighted by Gasteiger charge is 2.02. The monoisotopic (exact) mass is 215 g/mol. The lowest BCUT2D eigenvalue weighted by Crippen LogP contribution is -2.40. The molecule has 0 spiro atoms. The van der Waals surface area contributed by atoms with Crippen LogP contribution in [-0.4, -0.2) is 37.5 Å². The minimum absolute atomic E-state index is 0.0411. The highest BCUT2D eigenvalue weighted by atomic mass is 16.2. The molecule has 0 saturated heterocycles. The fourth-order valence-corrected chi connectivity index (χ4v) is 0.914. The fourth-order valence-electron chi connectivity index (χ4n) is 0.914. The summed E-state index contributed by atoms with van der Waals surface area (Å²) in [5.74, 6) is -0.123. The summed E-state index contributed by atoms with van der Waals surface area (Å²) in [6.45, 7) is 6.82. The van der Waals surface area contributed by atoms with Crippen molar-refractivity contribution in [2.75, 3.05) is 19.6 Å². The summed E-state index contributed by atoms with van der Waals surface area (Å²) in [4.78, 5) is 21.7. The van der Waals surface area contributed by atoms with Gasteiger partial charge in [0.05, 0.1) is 6.54 Å². The quantitative estimate of drug-likeness (QED) is 0.507. The smallest absolute Gasteiger partial charge is 0.234 e. The van der Waals surface area contributed by atoms with Gasteiger partial charge in [0.1, 0.15) is 0 Å². The Bertz CT molecular complexity index is 207. The van der Waals surface area contributed by atoms with Crippen LogP contribution in [0.4, 0.5) is 0 Å². The Morgan fingerprint density at radius 3 is 2.33 bits per heavy atom. The average Bonchev–Trinajstić information content (AvgIpc) is 2.20. The van der Waals surface area contributed by atoms with Gasteiger partial charge in [0.2, 0.25) is 11.8 Å². The summed E-state index contributed by atoms with van der Waals surface area (Å²) in [5.41, 5.74) is 0. The maximum Gasteiger partial charge on any atom is 0.234 e. The van der Waals surface area contributed by atoms with Crippen molar-refractivity contribution in [3.8, 4) is 0 Å². The first-order chi connectivity index (χ1) is 7.06. The number of rotatable bonds is 7. The van der Waals surface area contributed by atoms with Gasteiger partial charge in [0.25, 0.3) is 0 Å². The van der Waals surface area contributed by atoms with E-state index in [9.17, 15) is 9.59 Å². The molecule has 88 valence electrons. The maximum atomic E-state index is 11.2. The zero-order valence-electron chi connectivity index (χ0n) is 9.72. The fraction of sp³-hybridized carbons (Fsp3) is 0.800. The molecule has 1 atom stereocenters. The molecule has 0 aliphatic heterocycles. The topological polar surface area (TPSA) is 70.2 Å². The van der Waals surface area contributed by atoms with Crippen LogP contribution in [0.1, 0.15) is 27.2 Å². The third-order valence-corrected chi connectivity index (χ3v) is 2.04. The summed E-state index contributed by atoms with van der Waals surface area (Å²) >= 11 is 0. The van der Waals surface area contributed by atoms with Gasteiger partial charge in [-0.05, 0) is 13.3 Å². The van der Waals surface area contributed by atoms with E-state index in [2.05, 4.69) is 22.9 Å². The molecule has 0 aliphatic rings. The second-order valence-corrected chi connectivity index (χ2v) is 3.52. The number of carbonyl (C=O) groups excluding carboxylic acids is 2. The van der Waals surface area contributed by atoms with Gasteiger partial charge in [0, 0.05) is 26.1 Å². The largest absolute Gasteiger partial charge is 0.355 e. The van der Waals surface area contributed by atoms with E-state index in [1.165, 1.54) is 6.92 Å². The summed E-state index contributed by atoms with van der Waals surface area (Å²) < 4.78 is 0. The van der Waals surface area contributed by atoms with Gasteiger partial charge in [-0.1, -0.05) is 6.92 Å². The van der Waals surface area contributed by atoms with Gasteiger partial charge >= 0.3 is 0 Å². The van der Waals surface area contributed by atoms with Crippen LogP contribution in [0.15, 0.2) is 0 Å². The van der Waals surface area contributed by atoms with Crippen molar-refractivity contribution >= 4 is 11.8 Å². The molecule has 1 unspecified atom stereocenters. The van der Waals surface area contributed by atoms with Crippen LogP contribution in [0, 0.1) is 0 Å². The van der Waals surface area contributed by atoms with E-state index in [1.54, 1.807) is 0 Å². The molecule has 0 fully saturated rings. The summed E-state index contributed by atoms with van der Waals surface area (Å²) in [6.07, 6.45) is 0.999. The van der Waals surface area contributed by atoms with Crippen LogP contribution in [0.5, 0.6) is 0 Å². The molecule has 0 aliphatic carbocycles. The number of hydrogen-bond donors (Lipinski definition) is 3. The molecule has 0 aromatic rings. The molecule has 0 rings (SSSR count). The zero-order chi connectivity index (χ0) is 11.7. The van der Waals surface area contributed by atoms with E-state index in [0.29, 0.717) is 25.7 Å². The SMILES string of the molecule is CCC(C)NCC(=O)NCCNC(C)=O. The molecular weight excluding hydrogens is 194 g/mol. The Morgan fingerprint density at radius 2 is 1.80 bits per heavy atom. The second kappa shape index (κ2) is 8.23. The summed E-state index contributed by atoms with van der Waals surface area (Å²) in [6, 6.07) is 0.353. The molecule has 5 nitrogen and oxygen atoms in total. The lowest BCUT2D eigenvalue weighted by Gasteiger charge is -2.11. The molecular formula is C10H21N3O2. The van der Waals surface area contributed by atoms with E-state index in [0.717, 1.165) is 6.42 Å². The Morgan fingerprint density at radius 1 is 1.20 bits per heavy atom. The number of nitrogens with one attached hydrogen (secondary N) is 3. The van der Waals surface area contributed by atoms with Gasteiger partial charge in [-0.2, -0.15) is 0 Å². The van der Waals surface area contributed by atoms with Crippen LogP contribution in [0.3, 0.4) is 0 Å². The van der Waals surface area contributed by atoms with Crippen molar-refractivity contribution in [3.05, 3.63) is 0 Å². The molecule has 0 saturated carbocycles. The molecule has 2 amide bonds. The van der Waals surface area contributed by atoms with Crippen LogP contribution in [0.25, 0.3) is 0 Å². The first kappa shape index (κ1) is 13.9. The van der Waals surface area contributed by atoms with Crippen molar-refractivity contribution in [1.82, 2.24) is 16.0 Å². The van der Waals surface area contributed by atoms with E-state index in [4.69, 9.17) is 0 Å². The summed E-state index contributed by atoms with van der Waals surface area (Å²) in [5, 5.41) is 8.39. The predicted octanol–water partition coefficient (Wildman–Crippen LogP) is -0.373. The standard InChI is InChI=1S/C10H21N3O2/c1-4-8(2)13-7-10(15)12-6-5-11-9(3)14/h8,13H,4-7H2,1-3H3,(H,11,14)(H,12,15). The van der Waals surface area contributed by atoms with Crippen molar-refractivity contribution in [2.45, 2.75) is 33.2 Å². The average molecular weight is 215 g/mol. The molecule has 5 heteroatoms. The van der Waals surface area contributed by atoms with Crippen molar-refractivity contribution in [3.63, 3.8) is 0 Å². The number of carbonyl (C=O) groups is 2. The van der Waals surface area contributed by atoms with Crippen LogP contribution in [0.2, 0.25) is 0 Å². The lowest BCUT2D eigenvalue weighted by molar-refractivity contribution is -0.121. The molecule has 0 heterocycles. The first-order valence-electron chi connectivity index (χ1n) is 5.30. The van der Waals surface area contributed by atoms with Gasteiger partial charge < -0.3 is 16.0 Å². The Balaban J connectivity index is 3.37. The van der Waals surface area contributed by atoms with Crippen molar-refractivity contribution in [1.29, 1.82) is 0 Å². The Hall–Kier alpha value is -1.10. The molecule has 0 aromatic heterocycles. The number of amides is 2. The minimum atomic E-state index is -0.0815. The Labute approximate surface area is 91.0 Å². The van der Waals surface area contributed by atoms with E-state index >= 15 is 0 Å². The lowest BCUT2D eigenvalue weighted by atomic mass is 10.2. The van der Waals surface area contributed by atoms with E-state index < -0.39 is 0 Å². The van der Waals surface area contributed by atoms with Crippen LogP contribution < -0.4 is 16.0 Å². The molecule has 0 aromatic carbocycles. The first-order valence-corrected chi connectivity index (χ1v) is 5.30. The van der Waals surface area contributed by atoms with Gasteiger partial charge in [-0.3, -0.25) is 9.59 Å². The van der Waals surface area contributed by atoms with Crippen molar-refractivity contribution < 1.29 is 9.59 Å². The second-order valence-electron chi connectivity index (χ2n) is 3.52. The van der Waals surface area contributed by atoms with Gasteiger partial charge in [-0.15, -0.1) is 0 Å². The van der Waals surface area contributed by atoms with E-state index in [1.807, 2.05) is 6.92 Å². The molecule has 15 heavy (non-hydrogen) atoms. The third-order valence-electron chi connectivity index (χ3n) is 2.04.